The zero-order chi connectivity index (χ0) is 5.82. The fourth-order valence-electron chi connectivity index (χ4n) is 1.22. The number of hydrogen-bond donors (Lipinski definition) is 0. The molecule has 0 atom stereocenters. The molecule has 0 aromatic heterocycles. The van der Waals surface area contributed by atoms with E-state index in [-0.39, 0.29) is 0 Å². The molecule has 1 rings (SSSR count). The second-order valence-electron chi connectivity index (χ2n) is 2.42. The van der Waals surface area contributed by atoms with E-state index in [9.17, 15) is 0 Å². The molecule has 47 valence electrons. The highest BCUT2D eigenvalue weighted by molar-refractivity contribution is 4.70. The summed E-state index contributed by atoms with van der Waals surface area (Å²) < 4.78 is 0. The monoisotopic (exact) mass is 112 g/mol. The second-order valence-corrected chi connectivity index (χ2v) is 2.42. The first-order valence-electron chi connectivity index (χ1n) is 3.43. The quantitative estimate of drug-likeness (QED) is 0.520. The SMILES string of the molecule is C[CH]CN1CCCC1. The zero-order valence-corrected chi connectivity index (χ0v) is 5.56. The van der Waals surface area contributed by atoms with Crippen LogP contribution in [-0.2, 0) is 0 Å². The third-order valence-corrected chi connectivity index (χ3v) is 1.64. The number of likely N-dealkylation sites (tertiary alicyclic amines) is 1. The van der Waals surface area contributed by atoms with Crippen LogP contribution in [0.4, 0.5) is 0 Å². The molecule has 0 amide bonds. The Morgan fingerprint density at radius 3 is 2.50 bits per heavy atom. The van der Waals surface area contributed by atoms with Crippen LogP contribution in [0.3, 0.4) is 0 Å². The Morgan fingerprint density at radius 2 is 2.00 bits per heavy atom. The van der Waals surface area contributed by atoms with E-state index in [2.05, 4.69) is 18.2 Å². The van der Waals surface area contributed by atoms with Crippen molar-refractivity contribution in [1.29, 1.82) is 0 Å². The molecular weight excluding hydrogens is 98.1 g/mol. The van der Waals surface area contributed by atoms with Crippen molar-refractivity contribution in [2.45, 2.75) is 19.8 Å². The Bertz CT molecular complexity index is 55.4. The predicted octanol–water partition coefficient (Wildman–Crippen LogP) is 1.31. The lowest BCUT2D eigenvalue weighted by atomic mass is 10.4. The smallest absolute Gasteiger partial charge is 0.00100 e. The Hall–Kier alpha value is -0.0400. The van der Waals surface area contributed by atoms with Gasteiger partial charge in [0.25, 0.3) is 0 Å². The van der Waals surface area contributed by atoms with E-state index in [1.165, 1.54) is 32.5 Å². The van der Waals surface area contributed by atoms with Crippen LogP contribution < -0.4 is 0 Å². The molecule has 0 spiro atoms. The van der Waals surface area contributed by atoms with Gasteiger partial charge in [0.05, 0.1) is 0 Å². The van der Waals surface area contributed by atoms with Gasteiger partial charge in [-0.05, 0) is 32.4 Å². The van der Waals surface area contributed by atoms with Crippen LogP contribution in [0.5, 0.6) is 0 Å². The van der Waals surface area contributed by atoms with Crippen molar-refractivity contribution in [1.82, 2.24) is 4.90 Å². The summed E-state index contributed by atoms with van der Waals surface area (Å²) in [6.07, 6.45) is 5.05. The molecule has 1 aliphatic heterocycles. The van der Waals surface area contributed by atoms with E-state index in [0.29, 0.717) is 0 Å². The maximum Gasteiger partial charge on any atom is 0.00100 e. The summed E-state index contributed by atoms with van der Waals surface area (Å²) in [7, 11) is 0. The normalized spacial score (nSPS) is 22.1. The van der Waals surface area contributed by atoms with Gasteiger partial charge >= 0.3 is 0 Å². The van der Waals surface area contributed by atoms with Gasteiger partial charge in [-0.15, -0.1) is 0 Å². The summed E-state index contributed by atoms with van der Waals surface area (Å²) in [5, 5.41) is 0. The molecule has 1 aliphatic rings. The molecule has 0 bridgehead atoms. The maximum atomic E-state index is 2.49. The van der Waals surface area contributed by atoms with Crippen LogP contribution in [0.1, 0.15) is 19.8 Å². The van der Waals surface area contributed by atoms with Crippen LogP contribution in [0.25, 0.3) is 0 Å². The van der Waals surface area contributed by atoms with E-state index in [4.69, 9.17) is 0 Å². The lowest BCUT2D eigenvalue weighted by Gasteiger charge is -2.10. The largest absolute Gasteiger partial charge is 0.303 e. The molecule has 0 aromatic carbocycles. The summed E-state index contributed by atoms with van der Waals surface area (Å²) >= 11 is 0. The minimum Gasteiger partial charge on any atom is -0.303 e. The molecular formula is C7H14N. The van der Waals surface area contributed by atoms with Crippen molar-refractivity contribution in [3.05, 3.63) is 6.42 Å². The predicted molar refractivity (Wildman–Crippen MR) is 35.6 cm³/mol. The minimum absolute atomic E-state index is 1.19. The Kier molecular flexibility index (Phi) is 2.34. The Labute approximate surface area is 51.7 Å². The second kappa shape index (κ2) is 3.08. The first-order chi connectivity index (χ1) is 3.93. The molecule has 0 unspecified atom stereocenters. The molecule has 1 heterocycles. The van der Waals surface area contributed by atoms with Crippen molar-refractivity contribution in [3.8, 4) is 0 Å². The highest BCUT2D eigenvalue weighted by atomic mass is 15.1. The molecule has 1 fully saturated rings. The van der Waals surface area contributed by atoms with Gasteiger partial charge in [0.1, 0.15) is 0 Å². The molecule has 1 heteroatoms. The third kappa shape index (κ3) is 1.48. The van der Waals surface area contributed by atoms with Crippen LogP contribution in [0, 0.1) is 6.42 Å². The zero-order valence-electron chi connectivity index (χ0n) is 5.56. The Balaban J connectivity index is 2.06. The van der Waals surface area contributed by atoms with Crippen LogP contribution >= 0.6 is 0 Å². The van der Waals surface area contributed by atoms with Crippen molar-refractivity contribution < 1.29 is 0 Å². The molecule has 1 radical (unpaired) electrons. The molecule has 8 heavy (non-hydrogen) atoms. The third-order valence-electron chi connectivity index (χ3n) is 1.64. The van der Waals surface area contributed by atoms with Crippen LogP contribution in [0.15, 0.2) is 0 Å². The van der Waals surface area contributed by atoms with Crippen LogP contribution in [0.2, 0.25) is 0 Å². The number of nitrogens with zero attached hydrogens (tertiary/aromatic N) is 1. The lowest BCUT2D eigenvalue weighted by molar-refractivity contribution is 0.366. The van der Waals surface area contributed by atoms with Gasteiger partial charge in [0.15, 0.2) is 0 Å². The van der Waals surface area contributed by atoms with Gasteiger partial charge in [-0.25, -0.2) is 0 Å². The van der Waals surface area contributed by atoms with Gasteiger partial charge in [-0.2, -0.15) is 0 Å². The topological polar surface area (TPSA) is 3.24 Å². The van der Waals surface area contributed by atoms with Crippen molar-refractivity contribution in [2.24, 2.45) is 0 Å². The highest BCUT2D eigenvalue weighted by Gasteiger charge is 2.08. The molecule has 1 nitrogen and oxygen atoms in total. The standard InChI is InChI=1S/C7H14N/c1-2-5-8-6-3-4-7-8/h2H,3-7H2,1H3. The molecule has 0 saturated carbocycles. The van der Waals surface area contributed by atoms with E-state index in [1.807, 2.05) is 0 Å². The van der Waals surface area contributed by atoms with E-state index < -0.39 is 0 Å². The summed E-state index contributed by atoms with van der Waals surface area (Å²) in [6, 6.07) is 0. The van der Waals surface area contributed by atoms with Crippen molar-refractivity contribution in [3.63, 3.8) is 0 Å². The fourth-order valence-corrected chi connectivity index (χ4v) is 1.22. The fraction of sp³-hybridized carbons (Fsp3) is 0.857. The first-order valence-corrected chi connectivity index (χ1v) is 3.43. The highest BCUT2D eigenvalue weighted by Crippen LogP contribution is 2.06. The molecule has 1 saturated heterocycles. The maximum absolute atomic E-state index is 2.49. The van der Waals surface area contributed by atoms with Gasteiger partial charge in [0.2, 0.25) is 0 Å². The molecule has 0 N–H and O–H groups in total. The summed E-state index contributed by atoms with van der Waals surface area (Å²) in [6.45, 7) is 5.97. The van der Waals surface area contributed by atoms with E-state index >= 15 is 0 Å². The Morgan fingerprint density at radius 1 is 1.38 bits per heavy atom. The molecule has 0 aliphatic carbocycles. The van der Waals surface area contributed by atoms with Gasteiger partial charge in [-0.1, -0.05) is 6.92 Å². The van der Waals surface area contributed by atoms with Gasteiger partial charge in [0, 0.05) is 6.54 Å². The van der Waals surface area contributed by atoms with E-state index in [1.54, 1.807) is 0 Å². The van der Waals surface area contributed by atoms with Crippen molar-refractivity contribution >= 4 is 0 Å². The number of hydrogen-bond acceptors (Lipinski definition) is 1. The first kappa shape index (κ1) is 6.09. The summed E-state index contributed by atoms with van der Waals surface area (Å²) in [5.74, 6) is 0. The lowest BCUT2D eigenvalue weighted by Crippen LogP contribution is -2.19. The van der Waals surface area contributed by atoms with Crippen LogP contribution in [-0.4, -0.2) is 24.5 Å². The number of rotatable bonds is 2. The molecule has 0 aromatic rings. The average molecular weight is 112 g/mol. The van der Waals surface area contributed by atoms with Gasteiger partial charge in [-0.3, -0.25) is 0 Å². The van der Waals surface area contributed by atoms with Crippen molar-refractivity contribution in [2.75, 3.05) is 19.6 Å². The average Bonchev–Trinajstić information content (AvgIpc) is 2.19. The van der Waals surface area contributed by atoms with Gasteiger partial charge < -0.3 is 4.90 Å². The summed E-state index contributed by atoms with van der Waals surface area (Å²) in [5.41, 5.74) is 0. The van der Waals surface area contributed by atoms with E-state index in [0.717, 1.165) is 0 Å². The summed E-state index contributed by atoms with van der Waals surface area (Å²) in [4.78, 5) is 2.49. The minimum atomic E-state index is 1.19.